The van der Waals surface area contributed by atoms with Crippen LogP contribution in [-0.2, 0) is 9.59 Å². The lowest BCUT2D eigenvalue weighted by molar-refractivity contribution is -0.131. The number of likely N-dealkylation sites (tertiary alicyclic amines) is 1. The Morgan fingerprint density at radius 1 is 0.926 bits per heavy atom. The highest BCUT2D eigenvalue weighted by Crippen LogP contribution is 2.26. The van der Waals surface area contributed by atoms with Gasteiger partial charge in [0, 0.05) is 40.7 Å². The van der Waals surface area contributed by atoms with E-state index in [1.165, 1.54) is 0 Å². The number of ketones is 1. The maximum Gasteiger partial charge on any atom is 0.222 e. The summed E-state index contributed by atoms with van der Waals surface area (Å²) in [6.07, 6.45) is 3.91. The Morgan fingerprint density at radius 2 is 1.37 bits per heavy atom. The summed E-state index contributed by atoms with van der Waals surface area (Å²) in [6, 6.07) is 14.6. The Kier molecular flexibility index (Phi) is 6.15. The van der Waals surface area contributed by atoms with Crippen LogP contribution in [0.5, 0.6) is 0 Å². The summed E-state index contributed by atoms with van der Waals surface area (Å²) >= 11 is 12.5. The molecule has 1 saturated heterocycles. The van der Waals surface area contributed by atoms with E-state index < -0.39 is 0 Å². The molecule has 0 bridgehead atoms. The summed E-state index contributed by atoms with van der Waals surface area (Å²) in [6.45, 7) is 2.36. The van der Waals surface area contributed by atoms with Crippen LogP contribution < -0.4 is 0 Å². The molecule has 0 unspecified atom stereocenters. The predicted octanol–water partition coefficient (Wildman–Crippen LogP) is 5.28. The zero-order valence-corrected chi connectivity index (χ0v) is 16.4. The Hall–Kier alpha value is -2.36. The fourth-order valence-electron chi connectivity index (χ4n) is 3.00. The molecule has 2 aromatic rings. The number of halogens is 2. The molecule has 0 spiro atoms. The van der Waals surface area contributed by atoms with Gasteiger partial charge in [-0.15, -0.1) is 0 Å². The quantitative estimate of drug-likeness (QED) is 0.658. The zero-order chi connectivity index (χ0) is 19.4. The van der Waals surface area contributed by atoms with Crippen molar-refractivity contribution in [2.75, 3.05) is 13.1 Å². The maximum absolute atomic E-state index is 13.1. The molecule has 5 heteroatoms. The number of rotatable bonds is 3. The van der Waals surface area contributed by atoms with Crippen molar-refractivity contribution in [2.24, 2.45) is 0 Å². The Morgan fingerprint density at radius 3 is 1.78 bits per heavy atom. The monoisotopic (exact) mass is 399 g/mol. The molecule has 0 radical (unpaired) electrons. The lowest BCUT2D eigenvalue weighted by atomic mass is 9.94. The van der Waals surface area contributed by atoms with E-state index in [9.17, 15) is 9.59 Å². The molecule has 2 aromatic carbocycles. The summed E-state index contributed by atoms with van der Waals surface area (Å²) < 4.78 is 0. The maximum atomic E-state index is 13.1. The first-order valence-electron chi connectivity index (χ1n) is 8.72. The second-order valence-electron chi connectivity index (χ2n) is 6.31. The highest BCUT2D eigenvalue weighted by Gasteiger charge is 2.28. The van der Waals surface area contributed by atoms with Crippen molar-refractivity contribution in [3.63, 3.8) is 0 Å². The number of carbonyl (C=O) groups is 2. The van der Waals surface area contributed by atoms with E-state index in [2.05, 4.69) is 0 Å². The number of hydrogen-bond donors (Lipinski definition) is 0. The van der Waals surface area contributed by atoms with Crippen molar-refractivity contribution >= 4 is 47.0 Å². The molecule has 1 amide bonds. The molecule has 138 valence electrons. The SMILES string of the molecule is CCC(=O)N1C/C(=C/c2ccccc2Cl)C(=O)/C(=C/c2ccccc2Cl)C1. The Bertz CT molecular complexity index is 879. The third-order valence-electron chi connectivity index (χ3n) is 4.43. The normalized spacial score (nSPS) is 17.6. The van der Waals surface area contributed by atoms with Crippen LogP contribution in [0.4, 0.5) is 0 Å². The van der Waals surface area contributed by atoms with Gasteiger partial charge in [-0.05, 0) is 35.4 Å². The number of amides is 1. The fourth-order valence-corrected chi connectivity index (χ4v) is 3.38. The van der Waals surface area contributed by atoms with Crippen LogP contribution in [0.1, 0.15) is 24.5 Å². The first kappa shape index (κ1) is 19.4. The van der Waals surface area contributed by atoms with Crippen LogP contribution in [0, 0.1) is 0 Å². The van der Waals surface area contributed by atoms with E-state index >= 15 is 0 Å². The molecule has 1 aliphatic rings. The van der Waals surface area contributed by atoms with Gasteiger partial charge >= 0.3 is 0 Å². The predicted molar refractivity (Wildman–Crippen MR) is 111 cm³/mol. The van der Waals surface area contributed by atoms with Crippen molar-refractivity contribution in [1.82, 2.24) is 4.90 Å². The Balaban J connectivity index is 2.04. The second kappa shape index (κ2) is 8.55. The van der Waals surface area contributed by atoms with Crippen LogP contribution in [-0.4, -0.2) is 29.7 Å². The van der Waals surface area contributed by atoms with Gasteiger partial charge in [0.15, 0.2) is 5.78 Å². The van der Waals surface area contributed by atoms with Crippen LogP contribution in [0.2, 0.25) is 10.0 Å². The van der Waals surface area contributed by atoms with E-state index in [0.29, 0.717) is 27.6 Å². The molecule has 0 saturated carbocycles. The number of piperidine rings is 1. The zero-order valence-electron chi connectivity index (χ0n) is 14.9. The molecule has 1 heterocycles. The minimum Gasteiger partial charge on any atom is -0.334 e. The van der Waals surface area contributed by atoms with E-state index in [1.807, 2.05) is 43.3 Å². The van der Waals surface area contributed by atoms with Crippen LogP contribution in [0.3, 0.4) is 0 Å². The highest BCUT2D eigenvalue weighted by atomic mass is 35.5. The van der Waals surface area contributed by atoms with Crippen molar-refractivity contribution < 1.29 is 9.59 Å². The fraction of sp³-hybridized carbons (Fsp3) is 0.182. The first-order valence-corrected chi connectivity index (χ1v) is 9.48. The Labute approximate surface area is 168 Å². The summed E-state index contributed by atoms with van der Waals surface area (Å²) in [4.78, 5) is 27.1. The minimum absolute atomic E-state index is 0.00221. The number of carbonyl (C=O) groups excluding carboxylic acids is 2. The van der Waals surface area contributed by atoms with E-state index in [1.54, 1.807) is 29.2 Å². The first-order chi connectivity index (χ1) is 13.0. The number of benzene rings is 2. The summed E-state index contributed by atoms with van der Waals surface area (Å²) in [5.74, 6) is -0.0902. The molecule has 27 heavy (non-hydrogen) atoms. The summed E-state index contributed by atoms with van der Waals surface area (Å²) in [5, 5.41) is 1.13. The van der Waals surface area contributed by atoms with Crippen LogP contribution >= 0.6 is 23.2 Å². The molecule has 0 N–H and O–H groups in total. The molecule has 0 atom stereocenters. The molecule has 1 aliphatic heterocycles. The largest absolute Gasteiger partial charge is 0.334 e. The van der Waals surface area contributed by atoms with Gasteiger partial charge in [0.1, 0.15) is 0 Å². The molecular formula is C22H19Cl2NO2. The third kappa shape index (κ3) is 4.49. The second-order valence-corrected chi connectivity index (χ2v) is 7.13. The van der Waals surface area contributed by atoms with Crippen molar-refractivity contribution in [2.45, 2.75) is 13.3 Å². The standard InChI is InChI=1S/C22H19Cl2NO2/c1-2-21(26)25-13-17(11-15-7-3-5-9-19(15)23)22(27)18(14-25)12-16-8-4-6-10-20(16)24/h3-12H,2,13-14H2,1H3/b17-11-,18-12+. The smallest absolute Gasteiger partial charge is 0.222 e. The molecule has 3 nitrogen and oxygen atoms in total. The topological polar surface area (TPSA) is 37.4 Å². The van der Waals surface area contributed by atoms with Gasteiger partial charge in [0.05, 0.1) is 0 Å². The minimum atomic E-state index is -0.0880. The van der Waals surface area contributed by atoms with Gasteiger partial charge in [0.2, 0.25) is 5.91 Å². The van der Waals surface area contributed by atoms with Crippen molar-refractivity contribution in [1.29, 1.82) is 0 Å². The van der Waals surface area contributed by atoms with Gasteiger partial charge in [-0.25, -0.2) is 0 Å². The summed E-state index contributed by atoms with van der Waals surface area (Å²) in [5.41, 5.74) is 2.58. The molecule has 0 aliphatic carbocycles. The van der Waals surface area contributed by atoms with Crippen LogP contribution in [0.25, 0.3) is 12.2 Å². The third-order valence-corrected chi connectivity index (χ3v) is 5.12. The molecule has 0 aromatic heterocycles. The molecule has 1 fully saturated rings. The van der Waals surface area contributed by atoms with E-state index in [4.69, 9.17) is 23.2 Å². The van der Waals surface area contributed by atoms with Gasteiger partial charge in [-0.1, -0.05) is 66.5 Å². The van der Waals surface area contributed by atoms with Crippen molar-refractivity contribution in [3.05, 3.63) is 80.8 Å². The number of nitrogens with zero attached hydrogens (tertiary/aromatic N) is 1. The summed E-state index contributed by atoms with van der Waals surface area (Å²) in [7, 11) is 0. The van der Waals surface area contributed by atoms with E-state index in [-0.39, 0.29) is 24.8 Å². The van der Waals surface area contributed by atoms with Crippen LogP contribution in [0.15, 0.2) is 59.7 Å². The lowest BCUT2D eigenvalue weighted by Crippen LogP contribution is -2.41. The lowest BCUT2D eigenvalue weighted by Gasteiger charge is -2.30. The average Bonchev–Trinajstić information content (AvgIpc) is 2.67. The highest BCUT2D eigenvalue weighted by molar-refractivity contribution is 6.33. The van der Waals surface area contributed by atoms with Gasteiger partial charge in [0.25, 0.3) is 0 Å². The number of hydrogen-bond acceptors (Lipinski definition) is 2. The number of Topliss-reactive ketones (excluding diaryl/α,β-unsaturated/α-hetero) is 1. The van der Waals surface area contributed by atoms with Gasteiger partial charge in [-0.3, -0.25) is 9.59 Å². The molecule has 3 rings (SSSR count). The molecular weight excluding hydrogens is 381 g/mol. The van der Waals surface area contributed by atoms with Gasteiger partial charge in [-0.2, -0.15) is 0 Å². The van der Waals surface area contributed by atoms with Crippen molar-refractivity contribution in [3.8, 4) is 0 Å². The van der Waals surface area contributed by atoms with Gasteiger partial charge < -0.3 is 4.90 Å². The van der Waals surface area contributed by atoms with E-state index in [0.717, 1.165) is 11.1 Å². The average molecular weight is 400 g/mol.